The number of nitrogens with zero attached hydrogens (tertiary/aromatic N) is 3. The minimum absolute atomic E-state index is 0.0540. The molecule has 2 N–H and O–H groups in total. The Morgan fingerprint density at radius 3 is 2.62 bits per heavy atom. The van der Waals surface area contributed by atoms with E-state index < -0.39 is 11.6 Å². The molecule has 1 aromatic heterocycles. The van der Waals surface area contributed by atoms with Gasteiger partial charge in [0.2, 0.25) is 5.91 Å². The molecule has 9 heteroatoms. The molecule has 1 atom stereocenters. The maximum absolute atomic E-state index is 12.7. The first-order valence-electron chi connectivity index (χ1n) is 9.98. The predicted molar refractivity (Wildman–Crippen MR) is 111 cm³/mol. The van der Waals surface area contributed by atoms with Crippen LogP contribution in [0.4, 0.5) is 10.6 Å². The van der Waals surface area contributed by atoms with Gasteiger partial charge in [0.15, 0.2) is 0 Å². The second kappa shape index (κ2) is 8.57. The van der Waals surface area contributed by atoms with Gasteiger partial charge in [-0.1, -0.05) is 11.6 Å². The van der Waals surface area contributed by atoms with Crippen LogP contribution in [0.15, 0.2) is 18.3 Å². The van der Waals surface area contributed by atoms with Crippen molar-refractivity contribution in [2.24, 2.45) is 5.92 Å². The summed E-state index contributed by atoms with van der Waals surface area (Å²) in [5.41, 5.74) is -0.928. The second-order valence-electron chi connectivity index (χ2n) is 8.09. The van der Waals surface area contributed by atoms with Crippen molar-refractivity contribution in [3.63, 3.8) is 0 Å². The number of rotatable bonds is 9. The van der Waals surface area contributed by atoms with Gasteiger partial charge in [-0.2, -0.15) is 0 Å². The molecule has 2 aliphatic rings. The maximum atomic E-state index is 12.7. The summed E-state index contributed by atoms with van der Waals surface area (Å²) in [5, 5.41) is 5.70. The average Bonchev–Trinajstić information content (AvgIpc) is 3.46. The Morgan fingerprint density at radius 1 is 1.34 bits per heavy atom. The van der Waals surface area contributed by atoms with Crippen LogP contribution in [0.3, 0.4) is 0 Å². The summed E-state index contributed by atoms with van der Waals surface area (Å²) < 4.78 is 0. The van der Waals surface area contributed by atoms with Crippen LogP contribution in [0.1, 0.15) is 39.5 Å². The highest BCUT2D eigenvalue weighted by Crippen LogP contribution is 2.43. The van der Waals surface area contributed by atoms with Gasteiger partial charge in [-0.3, -0.25) is 14.9 Å². The van der Waals surface area contributed by atoms with Crippen LogP contribution in [-0.2, 0) is 9.59 Å². The molecule has 0 bridgehead atoms. The quantitative estimate of drug-likeness (QED) is 0.596. The number of hydrogen-bond acceptors (Lipinski definition) is 5. The van der Waals surface area contributed by atoms with E-state index in [1.54, 1.807) is 24.2 Å². The van der Waals surface area contributed by atoms with Crippen molar-refractivity contribution >= 4 is 35.3 Å². The average molecular weight is 422 g/mol. The van der Waals surface area contributed by atoms with Gasteiger partial charge in [0, 0.05) is 43.8 Å². The van der Waals surface area contributed by atoms with E-state index in [1.165, 1.54) is 0 Å². The number of likely N-dealkylation sites (N-methyl/N-ethyl adjacent to an activating group) is 1. The molecule has 2 heterocycles. The summed E-state index contributed by atoms with van der Waals surface area (Å²) in [6.45, 7) is 5.24. The highest BCUT2D eigenvalue weighted by Gasteiger charge is 2.55. The summed E-state index contributed by atoms with van der Waals surface area (Å²) in [5.74, 6) is 0.531. The van der Waals surface area contributed by atoms with E-state index in [9.17, 15) is 14.4 Å². The molecular formula is C20H28ClN5O3. The van der Waals surface area contributed by atoms with Crippen molar-refractivity contribution in [3.8, 4) is 0 Å². The lowest BCUT2D eigenvalue weighted by Crippen LogP contribution is -2.50. The fourth-order valence-electron chi connectivity index (χ4n) is 3.81. The topological polar surface area (TPSA) is 94.6 Å². The second-order valence-corrected chi connectivity index (χ2v) is 8.53. The first kappa shape index (κ1) is 21.4. The Kier molecular flexibility index (Phi) is 6.31. The molecule has 0 radical (unpaired) electrons. The van der Waals surface area contributed by atoms with Crippen LogP contribution in [-0.4, -0.2) is 59.4 Å². The largest absolute Gasteiger partial charge is 0.352 e. The molecule has 0 spiro atoms. The van der Waals surface area contributed by atoms with Gasteiger partial charge < -0.3 is 15.1 Å². The third kappa shape index (κ3) is 4.80. The summed E-state index contributed by atoms with van der Waals surface area (Å²) in [7, 11) is 1.75. The van der Waals surface area contributed by atoms with Gasteiger partial charge in [0.05, 0.1) is 0 Å². The van der Waals surface area contributed by atoms with Gasteiger partial charge in [0.1, 0.15) is 11.4 Å². The molecule has 3 rings (SSSR count). The first-order chi connectivity index (χ1) is 13.7. The van der Waals surface area contributed by atoms with E-state index in [-0.39, 0.29) is 30.2 Å². The number of hydrogen-bond donors (Lipinski definition) is 2. The van der Waals surface area contributed by atoms with Crippen LogP contribution in [0.25, 0.3) is 0 Å². The van der Waals surface area contributed by atoms with E-state index >= 15 is 0 Å². The Morgan fingerprint density at radius 2 is 2.07 bits per heavy atom. The number of nitrogens with one attached hydrogen (secondary N) is 2. The van der Waals surface area contributed by atoms with Crippen molar-refractivity contribution in [1.82, 2.24) is 20.5 Å². The molecule has 29 heavy (non-hydrogen) atoms. The highest BCUT2D eigenvalue weighted by atomic mass is 35.5. The van der Waals surface area contributed by atoms with Crippen molar-refractivity contribution in [2.75, 3.05) is 25.0 Å². The molecule has 1 aliphatic heterocycles. The van der Waals surface area contributed by atoms with E-state index in [0.29, 0.717) is 24.5 Å². The van der Waals surface area contributed by atoms with E-state index in [2.05, 4.69) is 34.4 Å². The number of carbonyl (C=O) groups excluding carboxylic acids is 3. The minimum Gasteiger partial charge on any atom is -0.352 e. The zero-order valence-corrected chi connectivity index (χ0v) is 17.8. The monoisotopic (exact) mass is 421 g/mol. The molecular weight excluding hydrogens is 394 g/mol. The van der Waals surface area contributed by atoms with Gasteiger partial charge in [-0.15, -0.1) is 0 Å². The smallest absolute Gasteiger partial charge is 0.322 e. The normalized spacial score (nSPS) is 21.1. The SMILES string of the molecule is CC(C)N(CCN(C)C(=O)CCC1(C2CC2)NC(=O)NC1=O)c1cc(Cl)ccn1. The number of urea groups is 1. The van der Waals surface area contributed by atoms with E-state index in [1.807, 2.05) is 6.07 Å². The van der Waals surface area contributed by atoms with Crippen molar-refractivity contribution < 1.29 is 14.4 Å². The third-order valence-corrected chi connectivity index (χ3v) is 5.94. The third-order valence-electron chi connectivity index (χ3n) is 5.70. The number of imide groups is 1. The van der Waals surface area contributed by atoms with Gasteiger partial charge >= 0.3 is 6.03 Å². The zero-order chi connectivity index (χ0) is 21.2. The fourth-order valence-corrected chi connectivity index (χ4v) is 3.97. The molecule has 1 aliphatic carbocycles. The standard InChI is InChI=1S/C20H28ClN5O3/c1-13(2)26(16-12-15(21)7-9-22-16)11-10-25(3)17(27)6-8-20(14-4-5-14)18(28)23-19(29)24-20/h7,9,12-14H,4-6,8,10-11H2,1-3H3,(H2,23,24,28,29). The lowest BCUT2D eigenvalue weighted by atomic mass is 9.88. The molecule has 158 valence electrons. The van der Waals surface area contributed by atoms with Gasteiger partial charge in [0.25, 0.3) is 5.91 Å². The number of amides is 4. The van der Waals surface area contributed by atoms with E-state index in [4.69, 9.17) is 11.6 Å². The van der Waals surface area contributed by atoms with Crippen LogP contribution < -0.4 is 15.5 Å². The number of aromatic nitrogens is 1. The van der Waals surface area contributed by atoms with E-state index in [0.717, 1.165) is 18.7 Å². The minimum atomic E-state index is -0.928. The lowest BCUT2D eigenvalue weighted by Gasteiger charge is -2.31. The van der Waals surface area contributed by atoms with Crippen LogP contribution in [0.5, 0.6) is 0 Å². The summed E-state index contributed by atoms with van der Waals surface area (Å²) in [4.78, 5) is 44.7. The number of pyridine rings is 1. The molecule has 4 amide bonds. The van der Waals surface area contributed by atoms with Crippen LogP contribution in [0, 0.1) is 5.92 Å². The molecule has 8 nitrogen and oxygen atoms in total. The van der Waals surface area contributed by atoms with Crippen LogP contribution in [0.2, 0.25) is 5.02 Å². The molecule has 2 fully saturated rings. The lowest BCUT2D eigenvalue weighted by molar-refractivity contribution is -0.131. The molecule has 1 aromatic rings. The number of carbonyl (C=O) groups is 3. The summed E-state index contributed by atoms with van der Waals surface area (Å²) in [6, 6.07) is 3.26. The Bertz CT molecular complexity index is 798. The van der Waals surface area contributed by atoms with Crippen molar-refractivity contribution in [2.45, 2.75) is 51.1 Å². The molecule has 1 saturated heterocycles. The fraction of sp³-hybridized carbons (Fsp3) is 0.600. The first-order valence-corrected chi connectivity index (χ1v) is 10.4. The number of halogens is 1. The molecule has 1 unspecified atom stereocenters. The Hall–Kier alpha value is -2.35. The number of anilines is 1. The summed E-state index contributed by atoms with van der Waals surface area (Å²) in [6.07, 6.45) is 3.99. The summed E-state index contributed by atoms with van der Waals surface area (Å²) >= 11 is 6.08. The Labute approximate surface area is 176 Å². The van der Waals surface area contributed by atoms with Gasteiger partial charge in [-0.05, 0) is 51.2 Å². The predicted octanol–water partition coefficient (Wildman–Crippen LogP) is 2.18. The zero-order valence-electron chi connectivity index (χ0n) is 17.1. The molecule has 1 saturated carbocycles. The highest BCUT2D eigenvalue weighted by molar-refractivity contribution is 6.30. The van der Waals surface area contributed by atoms with Crippen LogP contribution >= 0.6 is 11.6 Å². The molecule has 0 aromatic carbocycles. The van der Waals surface area contributed by atoms with Gasteiger partial charge in [-0.25, -0.2) is 9.78 Å². The van der Waals surface area contributed by atoms with Crippen molar-refractivity contribution in [3.05, 3.63) is 23.4 Å². The van der Waals surface area contributed by atoms with Crippen molar-refractivity contribution in [1.29, 1.82) is 0 Å². The Balaban J connectivity index is 1.56. The maximum Gasteiger partial charge on any atom is 0.322 e.